The average molecular weight is 384 g/mol. The van der Waals surface area contributed by atoms with Gasteiger partial charge in [-0.1, -0.05) is 11.8 Å². The van der Waals surface area contributed by atoms with Crippen LogP contribution in [0, 0.1) is 6.92 Å². The number of thioether (sulfide) groups is 1. The number of carbonyl (C=O) groups is 1. The van der Waals surface area contributed by atoms with Gasteiger partial charge in [0.2, 0.25) is 5.91 Å². The van der Waals surface area contributed by atoms with Crippen molar-refractivity contribution in [1.82, 2.24) is 19.5 Å². The highest BCUT2D eigenvalue weighted by molar-refractivity contribution is 7.99. The van der Waals surface area contributed by atoms with Gasteiger partial charge < -0.3 is 9.32 Å². The molecule has 0 aliphatic carbocycles. The Hall–Kier alpha value is -2.49. The van der Waals surface area contributed by atoms with Gasteiger partial charge in [-0.05, 0) is 31.2 Å². The maximum absolute atomic E-state index is 12.9. The number of hydrogen-bond donors (Lipinski definition) is 0. The van der Waals surface area contributed by atoms with Crippen LogP contribution in [-0.2, 0) is 17.5 Å². The van der Waals surface area contributed by atoms with Gasteiger partial charge in [0.25, 0.3) is 0 Å². The highest BCUT2D eigenvalue weighted by Gasteiger charge is 2.31. The molecule has 10 heteroatoms. The van der Waals surface area contributed by atoms with E-state index in [1.165, 1.54) is 15.4 Å². The van der Waals surface area contributed by atoms with Crippen LogP contribution < -0.4 is 0 Å². The number of alkyl halides is 3. The Morgan fingerprint density at radius 3 is 2.69 bits per heavy atom. The first-order chi connectivity index (χ1) is 12.2. The van der Waals surface area contributed by atoms with Gasteiger partial charge in [-0.25, -0.2) is 0 Å². The molecule has 138 valence electrons. The lowest BCUT2D eigenvalue weighted by Gasteiger charge is -2.15. The third kappa shape index (κ3) is 4.01. The van der Waals surface area contributed by atoms with E-state index in [4.69, 9.17) is 4.42 Å². The van der Waals surface area contributed by atoms with Crippen LogP contribution in [0.5, 0.6) is 0 Å². The number of aryl methyl sites for hydroxylation is 1. The molecular formula is C16H15F3N4O2S. The largest absolute Gasteiger partial charge is 0.464 e. The van der Waals surface area contributed by atoms with Crippen molar-refractivity contribution in [2.24, 2.45) is 0 Å². The summed E-state index contributed by atoms with van der Waals surface area (Å²) in [6.45, 7) is 2.12. The molecule has 0 bridgehead atoms. The summed E-state index contributed by atoms with van der Waals surface area (Å²) in [5, 5.41) is 7.90. The first kappa shape index (κ1) is 18.3. The maximum atomic E-state index is 12.9. The minimum atomic E-state index is -4.46. The lowest BCUT2D eigenvalue weighted by Crippen LogP contribution is -2.27. The quantitative estimate of drug-likeness (QED) is 0.631. The van der Waals surface area contributed by atoms with E-state index in [0.29, 0.717) is 12.3 Å². The summed E-state index contributed by atoms with van der Waals surface area (Å²) in [6.07, 6.45) is -3.53. The third-order valence-electron chi connectivity index (χ3n) is 3.64. The van der Waals surface area contributed by atoms with E-state index >= 15 is 0 Å². The van der Waals surface area contributed by atoms with Gasteiger partial charge in [0.1, 0.15) is 11.5 Å². The molecular weight excluding hydrogens is 369 g/mol. The van der Waals surface area contributed by atoms with Crippen molar-refractivity contribution in [3.63, 3.8) is 0 Å². The number of amides is 1. The van der Waals surface area contributed by atoms with Crippen molar-refractivity contribution in [2.45, 2.75) is 24.8 Å². The fourth-order valence-corrected chi connectivity index (χ4v) is 3.12. The number of furan rings is 1. The van der Waals surface area contributed by atoms with Crippen molar-refractivity contribution < 1.29 is 22.4 Å². The zero-order chi connectivity index (χ0) is 18.9. The second-order valence-corrected chi connectivity index (χ2v) is 6.62. The number of rotatable bonds is 5. The van der Waals surface area contributed by atoms with Gasteiger partial charge >= 0.3 is 6.18 Å². The fourth-order valence-electron chi connectivity index (χ4n) is 2.26. The number of nitrogens with zero attached hydrogens (tertiary/aromatic N) is 4. The molecule has 6 nitrogen and oxygen atoms in total. The van der Waals surface area contributed by atoms with Crippen molar-refractivity contribution in [1.29, 1.82) is 0 Å². The molecule has 3 heterocycles. The Morgan fingerprint density at radius 2 is 2.04 bits per heavy atom. The Labute approximate surface area is 151 Å². The van der Waals surface area contributed by atoms with Gasteiger partial charge in [-0.3, -0.25) is 9.20 Å². The van der Waals surface area contributed by atoms with Gasteiger partial charge in [-0.15, -0.1) is 10.2 Å². The summed E-state index contributed by atoms with van der Waals surface area (Å²) < 4.78 is 45.2. The number of aromatic nitrogens is 3. The van der Waals surface area contributed by atoms with Crippen molar-refractivity contribution in [2.75, 3.05) is 12.8 Å². The molecule has 26 heavy (non-hydrogen) atoms. The highest BCUT2D eigenvalue weighted by Crippen LogP contribution is 2.30. The lowest BCUT2D eigenvalue weighted by atomic mass is 10.3. The van der Waals surface area contributed by atoms with Gasteiger partial charge in [0.05, 0.1) is 17.9 Å². The lowest BCUT2D eigenvalue weighted by molar-refractivity contribution is -0.138. The molecule has 0 unspecified atom stereocenters. The predicted octanol–water partition coefficient (Wildman–Crippen LogP) is 3.40. The molecule has 1 amide bonds. The summed E-state index contributed by atoms with van der Waals surface area (Å²) in [5.41, 5.74) is -0.518. The number of carbonyl (C=O) groups excluding carboxylic acids is 1. The molecule has 0 atom stereocenters. The van der Waals surface area contributed by atoms with E-state index in [1.807, 2.05) is 13.0 Å². The highest BCUT2D eigenvalue weighted by atomic mass is 32.2. The van der Waals surface area contributed by atoms with Crippen LogP contribution in [0.1, 0.15) is 17.1 Å². The average Bonchev–Trinajstić information content (AvgIpc) is 3.17. The number of pyridine rings is 1. The number of fused-ring (bicyclic) bond motifs is 1. The second-order valence-electron chi connectivity index (χ2n) is 5.68. The molecule has 0 N–H and O–H groups in total. The van der Waals surface area contributed by atoms with Crippen LogP contribution >= 0.6 is 11.8 Å². The Kier molecular flexibility index (Phi) is 4.94. The van der Waals surface area contributed by atoms with Crippen molar-refractivity contribution in [3.8, 4) is 0 Å². The molecule has 0 aromatic carbocycles. The summed E-state index contributed by atoms with van der Waals surface area (Å²) in [4.78, 5) is 13.7. The number of halogens is 3. The smallest absolute Gasteiger partial charge is 0.417 e. The summed E-state index contributed by atoms with van der Waals surface area (Å²) >= 11 is 1.03. The molecule has 0 spiro atoms. The monoisotopic (exact) mass is 384 g/mol. The van der Waals surface area contributed by atoms with Gasteiger partial charge in [0, 0.05) is 13.2 Å². The van der Waals surface area contributed by atoms with Gasteiger partial charge in [0.15, 0.2) is 10.8 Å². The van der Waals surface area contributed by atoms with Crippen LogP contribution in [0.15, 0.2) is 40.0 Å². The minimum absolute atomic E-state index is 0.0211. The van der Waals surface area contributed by atoms with Crippen molar-refractivity contribution >= 4 is 23.3 Å². The van der Waals surface area contributed by atoms with Crippen LogP contribution in [0.2, 0.25) is 0 Å². The van der Waals surface area contributed by atoms with E-state index in [1.54, 1.807) is 13.1 Å². The normalized spacial score (nSPS) is 11.9. The minimum Gasteiger partial charge on any atom is -0.464 e. The standard InChI is InChI=1S/C16H15F3N4O2S/c1-10-3-5-12(25-10)8-22(2)14(24)9-26-15-21-20-13-6-4-11(7-23(13)15)16(17,18)19/h3-7H,8-9H2,1-2H3. The molecule has 0 saturated carbocycles. The molecule has 3 aromatic heterocycles. The first-order valence-electron chi connectivity index (χ1n) is 7.58. The van der Waals surface area contributed by atoms with Crippen LogP contribution in [0.25, 0.3) is 5.65 Å². The molecule has 3 rings (SSSR count). The topological polar surface area (TPSA) is 63.6 Å². The fraction of sp³-hybridized carbons (Fsp3) is 0.312. The predicted molar refractivity (Wildman–Crippen MR) is 88.6 cm³/mol. The van der Waals surface area contributed by atoms with Crippen LogP contribution in [-0.4, -0.2) is 38.2 Å². The molecule has 0 aliphatic heterocycles. The van der Waals surface area contributed by atoms with Crippen molar-refractivity contribution in [3.05, 3.63) is 47.5 Å². The van der Waals surface area contributed by atoms with Gasteiger partial charge in [-0.2, -0.15) is 13.2 Å². The Morgan fingerprint density at radius 1 is 1.27 bits per heavy atom. The van der Waals surface area contributed by atoms with Crippen LogP contribution in [0.3, 0.4) is 0 Å². The molecule has 3 aromatic rings. The van der Waals surface area contributed by atoms with E-state index in [9.17, 15) is 18.0 Å². The summed E-state index contributed by atoms with van der Waals surface area (Å²) in [7, 11) is 1.63. The molecule has 0 fully saturated rings. The molecule has 0 aliphatic rings. The van der Waals surface area contributed by atoms with E-state index in [0.717, 1.165) is 29.8 Å². The zero-order valence-corrected chi connectivity index (χ0v) is 14.8. The first-order valence-corrected chi connectivity index (χ1v) is 8.56. The molecule has 0 radical (unpaired) electrons. The summed E-state index contributed by atoms with van der Waals surface area (Å²) in [6, 6.07) is 5.79. The molecule has 0 saturated heterocycles. The van der Waals surface area contributed by atoms with E-state index in [2.05, 4.69) is 10.2 Å². The van der Waals surface area contributed by atoms with E-state index < -0.39 is 11.7 Å². The van der Waals surface area contributed by atoms with Crippen LogP contribution in [0.4, 0.5) is 13.2 Å². The van der Waals surface area contributed by atoms with E-state index in [-0.39, 0.29) is 22.5 Å². The second kappa shape index (κ2) is 7.02. The summed E-state index contributed by atoms with van der Waals surface area (Å²) in [5.74, 6) is 1.23. The zero-order valence-electron chi connectivity index (χ0n) is 13.9. The Balaban J connectivity index is 1.68. The SMILES string of the molecule is Cc1ccc(CN(C)C(=O)CSc2nnc3ccc(C(F)(F)F)cn23)o1. The third-order valence-corrected chi connectivity index (χ3v) is 4.57. The maximum Gasteiger partial charge on any atom is 0.417 e. The number of hydrogen-bond acceptors (Lipinski definition) is 5. The Bertz CT molecular complexity index is 935.